The van der Waals surface area contributed by atoms with Crippen molar-refractivity contribution in [2.75, 3.05) is 0 Å². The number of halogens is 1. The fourth-order valence-electron chi connectivity index (χ4n) is 1.81. The summed E-state index contributed by atoms with van der Waals surface area (Å²) in [4.78, 5) is 4.35. The first kappa shape index (κ1) is 10.5. The highest BCUT2D eigenvalue weighted by molar-refractivity contribution is 9.10. The SMILES string of the molecule is Brc1ccc(Cn2ncc3ccccc32)nc1. The number of nitrogens with zero attached hydrogens (tertiary/aromatic N) is 3. The number of fused-ring (bicyclic) bond motifs is 1. The number of hydrogen-bond donors (Lipinski definition) is 0. The third kappa shape index (κ3) is 2.08. The molecule has 0 aliphatic rings. The van der Waals surface area contributed by atoms with Crippen LogP contribution in [0.1, 0.15) is 5.69 Å². The lowest BCUT2D eigenvalue weighted by Gasteiger charge is -2.03. The molecule has 0 radical (unpaired) electrons. The van der Waals surface area contributed by atoms with Crippen LogP contribution in [0.2, 0.25) is 0 Å². The van der Waals surface area contributed by atoms with Crippen molar-refractivity contribution in [3.05, 3.63) is 59.0 Å². The number of pyridine rings is 1. The lowest BCUT2D eigenvalue weighted by molar-refractivity contribution is 0.696. The van der Waals surface area contributed by atoms with Gasteiger partial charge >= 0.3 is 0 Å². The molecule has 4 heteroatoms. The summed E-state index contributed by atoms with van der Waals surface area (Å²) in [6.07, 6.45) is 3.69. The summed E-state index contributed by atoms with van der Waals surface area (Å²) in [7, 11) is 0. The van der Waals surface area contributed by atoms with Crippen LogP contribution in [0.5, 0.6) is 0 Å². The van der Waals surface area contributed by atoms with Crippen molar-refractivity contribution >= 4 is 26.8 Å². The van der Waals surface area contributed by atoms with Crippen LogP contribution >= 0.6 is 15.9 Å². The highest BCUT2D eigenvalue weighted by Crippen LogP contribution is 2.14. The zero-order chi connectivity index (χ0) is 11.7. The van der Waals surface area contributed by atoms with Crippen molar-refractivity contribution in [2.45, 2.75) is 6.54 Å². The molecule has 0 fully saturated rings. The van der Waals surface area contributed by atoms with Crippen molar-refractivity contribution in [1.82, 2.24) is 14.8 Å². The summed E-state index contributed by atoms with van der Waals surface area (Å²) in [5.41, 5.74) is 2.14. The quantitative estimate of drug-likeness (QED) is 0.724. The van der Waals surface area contributed by atoms with Crippen LogP contribution < -0.4 is 0 Å². The predicted molar refractivity (Wildman–Crippen MR) is 70.8 cm³/mol. The first-order chi connectivity index (χ1) is 8.33. The van der Waals surface area contributed by atoms with Crippen LogP contribution in [-0.4, -0.2) is 14.8 Å². The van der Waals surface area contributed by atoms with E-state index in [1.807, 2.05) is 35.1 Å². The molecule has 0 N–H and O–H groups in total. The monoisotopic (exact) mass is 287 g/mol. The maximum Gasteiger partial charge on any atom is 0.0838 e. The van der Waals surface area contributed by atoms with Crippen molar-refractivity contribution in [3.8, 4) is 0 Å². The Morgan fingerprint density at radius 2 is 1.94 bits per heavy atom. The number of benzene rings is 1. The third-order valence-electron chi connectivity index (χ3n) is 2.65. The number of rotatable bonds is 2. The molecular formula is C13H10BrN3. The number of hydrogen-bond acceptors (Lipinski definition) is 2. The van der Waals surface area contributed by atoms with Crippen molar-refractivity contribution < 1.29 is 0 Å². The highest BCUT2D eigenvalue weighted by atomic mass is 79.9. The second kappa shape index (κ2) is 4.30. The van der Waals surface area contributed by atoms with Crippen molar-refractivity contribution in [2.24, 2.45) is 0 Å². The molecule has 2 heterocycles. The van der Waals surface area contributed by atoms with Crippen LogP contribution in [0.15, 0.2) is 53.3 Å². The van der Waals surface area contributed by atoms with Gasteiger partial charge in [0.05, 0.1) is 24.0 Å². The van der Waals surface area contributed by atoms with Gasteiger partial charge in [0.25, 0.3) is 0 Å². The van der Waals surface area contributed by atoms with Gasteiger partial charge < -0.3 is 0 Å². The van der Waals surface area contributed by atoms with Gasteiger partial charge in [-0.15, -0.1) is 0 Å². The van der Waals surface area contributed by atoms with E-state index in [0.717, 1.165) is 21.1 Å². The Hall–Kier alpha value is -1.68. The lowest BCUT2D eigenvalue weighted by Crippen LogP contribution is -2.02. The van der Waals surface area contributed by atoms with Gasteiger partial charge in [-0.25, -0.2) is 0 Å². The summed E-state index contributed by atoms with van der Waals surface area (Å²) >= 11 is 3.38. The van der Waals surface area contributed by atoms with E-state index >= 15 is 0 Å². The molecule has 0 atom stereocenters. The van der Waals surface area contributed by atoms with Gasteiger partial charge in [-0.1, -0.05) is 18.2 Å². The standard InChI is InChI=1S/C13H10BrN3/c14-11-5-6-12(15-8-11)9-17-13-4-2-1-3-10(13)7-16-17/h1-8H,9H2. The zero-order valence-electron chi connectivity index (χ0n) is 9.05. The Bertz CT molecular complexity index is 643. The second-order valence-electron chi connectivity index (χ2n) is 3.83. The van der Waals surface area contributed by atoms with Gasteiger partial charge in [-0.3, -0.25) is 9.67 Å². The Labute approximate surface area is 107 Å². The molecule has 0 unspecified atom stereocenters. The highest BCUT2D eigenvalue weighted by Gasteiger charge is 2.02. The van der Waals surface area contributed by atoms with Gasteiger partial charge in [0.15, 0.2) is 0 Å². The Balaban J connectivity index is 1.97. The first-order valence-corrected chi connectivity index (χ1v) is 6.13. The minimum absolute atomic E-state index is 0.695. The van der Waals surface area contributed by atoms with Crippen LogP contribution in [0.3, 0.4) is 0 Å². The molecule has 2 aromatic heterocycles. The average Bonchev–Trinajstić information content (AvgIpc) is 2.76. The Morgan fingerprint density at radius 3 is 2.76 bits per heavy atom. The fourth-order valence-corrected chi connectivity index (χ4v) is 2.04. The van der Waals surface area contributed by atoms with E-state index in [0.29, 0.717) is 6.54 Å². The second-order valence-corrected chi connectivity index (χ2v) is 4.74. The normalized spacial score (nSPS) is 10.9. The summed E-state index contributed by atoms with van der Waals surface area (Å²) in [6, 6.07) is 12.2. The molecule has 0 aliphatic carbocycles. The van der Waals surface area contributed by atoms with E-state index in [9.17, 15) is 0 Å². The maximum atomic E-state index is 4.38. The Morgan fingerprint density at radius 1 is 1.06 bits per heavy atom. The molecule has 1 aromatic carbocycles. The molecule has 0 bridgehead atoms. The van der Waals surface area contributed by atoms with Crippen molar-refractivity contribution in [1.29, 1.82) is 0 Å². The average molecular weight is 288 g/mol. The molecular weight excluding hydrogens is 278 g/mol. The van der Waals surface area contributed by atoms with Crippen LogP contribution in [0.4, 0.5) is 0 Å². The molecule has 0 saturated heterocycles. The number of aromatic nitrogens is 3. The van der Waals surface area contributed by atoms with E-state index in [4.69, 9.17) is 0 Å². The molecule has 3 nitrogen and oxygen atoms in total. The number of para-hydroxylation sites is 1. The lowest BCUT2D eigenvalue weighted by atomic mass is 10.2. The maximum absolute atomic E-state index is 4.38. The third-order valence-corrected chi connectivity index (χ3v) is 3.12. The first-order valence-electron chi connectivity index (χ1n) is 5.34. The summed E-state index contributed by atoms with van der Waals surface area (Å²) < 4.78 is 2.96. The molecule has 0 saturated carbocycles. The predicted octanol–water partition coefficient (Wildman–Crippen LogP) is 3.24. The van der Waals surface area contributed by atoms with Gasteiger partial charge in [-0.05, 0) is 34.1 Å². The van der Waals surface area contributed by atoms with E-state index in [1.165, 1.54) is 0 Å². The van der Waals surface area contributed by atoms with Gasteiger partial charge in [0.2, 0.25) is 0 Å². The molecule has 0 spiro atoms. The Kier molecular flexibility index (Phi) is 2.65. The van der Waals surface area contributed by atoms with Gasteiger partial charge in [0, 0.05) is 16.1 Å². The van der Waals surface area contributed by atoms with Crippen LogP contribution in [0, 0.1) is 0 Å². The minimum Gasteiger partial charge on any atom is -0.259 e. The smallest absolute Gasteiger partial charge is 0.0838 e. The van der Waals surface area contributed by atoms with E-state index in [1.54, 1.807) is 6.20 Å². The van der Waals surface area contributed by atoms with E-state index in [2.05, 4.69) is 38.1 Å². The van der Waals surface area contributed by atoms with Crippen molar-refractivity contribution in [3.63, 3.8) is 0 Å². The van der Waals surface area contributed by atoms with Gasteiger partial charge in [0.1, 0.15) is 0 Å². The largest absolute Gasteiger partial charge is 0.259 e. The zero-order valence-corrected chi connectivity index (χ0v) is 10.6. The van der Waals surface area contributed by atoms with Crippen LogP contribution in [-0.2, 0) is 6.54 Å². The van der Waals surface area contributed by atoms with E-state index < -0.39 is 0 Å². The van der Waals surface area contributed by atoms with E-state index in [-0.39, 0.29) is 0 Å². The topological polar surface area (TPSA) is 30.7 Å². The minimum atomic E-state index is 0.695. The molecule has 0 aliphatic heterocycles. The molecule has 17 heavy (non-hydrogen) atoms. The summed E-state index contributed by atoms with van der Waals surface area (Å²) in [6.45, 7) is 0.695. The van der Waals surface area contributed by atoms with Crippen LogP contribution in [0.25, 0.3) is 10.9 Å². The molecule has 0 amide bonds. The molecule has 84 valence electrons. The summed E-state index contributed by atoms with van der Waals surface area (Å²) in [5.74, 6) is 0. The molecule has 3 aromatic rings. The fraction of sp³-hybridized carbons (Fsp3) is 0.0769. The molecule has 3 rings (SSSR count). The summed E-state index contributed by atoms with van der Waals surface area (Å²) in [5, 5.41) is 5.54. The van der Waals surface area contributed by atoms with Gasteiger partial charge in [-0.2, -0.15) is 5.10 Å².